The maximum absolute atomic E-state index is 12.0. The third-order valence-corrected chi connectivity index (χ3v) is 3.52. The quantitative estimate of drug-likeness (QED) is 0.780. The third kappa shape index (κ3) is 7.43. The number of aliphatic hydroxyl groups is 1. The molecule has 0 bridgehead atoms. The van der Waals surface area contributed by atoms with Crippen LogP contribution in [0, 0.1) is 0 Å². The molecule has 0 aliphatic heterocycles. The number of rotatable bonds is 6. The zero-order valence-corrected chi connectivity index (χ0v) is 14.9. The number of aryl methyl sites for hydroxylation is 1. The molecule has 1 aromatic carbocycles. The highest BCUT2D eigenvalue weighted by atomic mass is 32.1. The van der Waals surface area contributed by atoms with Gasteiger partial charge < -0.3 is 19.9 Å². The summed E-state index contributed by atoms with van der Waals surface area (Å²) < 4.78 is 10.2. The van der Waals surface area contributed by atoms with Crippen LogP contribution in [0.4, 0.5) is 4.79 Å². The summed E-state index contributed by atoms with van der Waals surface area (Å²) in [6.07, 6.45) is -0.474. The van der Waals surface area contributed by atoms with Gasteiger partial charge >= 0.3 is 6.09 Å². The molecule has 2 unspecified atom stereocenters. The maximum Gasteiger partial charge on any atom is 0.407 e. The molecule has 0 aromatic heterocycles. The van der Waals surface area contributed by atoms with Crippen molar-refractivity contribution < 1.29 is 19.4 Å². The highest BCUT2D eigenvalue weighted by Gasteiger charge is 2.27. The van der Waals surface area contributed by atoms with Gasteiger partial charge in [-0.3, -0.25) is 0 Å². The second-order valence-electron chi connectivity index (χ2n) is 6.24. The fourth-order valence-electron chi connectivity index (χ4n) is 2.02. The van der Waals surface area contributed by atoms with Crippen LogP contribution < -0.4 is 5.32 Å². The largest absolute Gasteiger partial charge is 0.488 e. The van der Waals surface area contributed by atoms with E-state index in [-0.39, 0.29) is 5.05 Å². The second-order valence-corrected chi connectivity index (χ2v) is 6.65. The summed E-state index contributed by atoms with van der Waals surface area (Å²) in [7, 11) is 1.40. The molecule has 6 heteroatoms. The Kier molecular flexibility index (Phi) is 7.45. The molecule has 1 rings (SSSR count). The van der Waals surface area contributed by atoms with E-state index in [1.54, 1.807) is 20.8 Å². The predicted octanol–water partition coefficient (Wildman–Crippen LogP) is 2.85. The molecule has 2 atom stereocenters. The van der Waals surface area contributed by atoms with Crippen LogP contribution >= 0.6 is 12.2 Å². The van der Waals surface area contributed by atoms with Crippen molar-refractivity contribution in [3.63, 3.8) is 0 Å². The molecule has 0 saturated heterocycles. The number of methoxy groups -OCH3 is 1. The molecule has 128 valence electrons. The summed E-state index contributed by atoms with van der Waals surface area (Å²) in [5.41, 5.74) is 0.500. The van der Waals surface area contributed by atoms with Gasteiger partial charge in [-0.05, 0) is 51.4 Å². The van der Waals surface area contributed by atoms with Gasteiger partial charge in [0.1, 0.15) is 11.7 Å². The Bertz CT molecular complexity index is 513. The molecule has 0 aliphatic rings. The number of carbonyl (C=O) groups is 1. The van der Waals surface area contributed by atoms with Crippen molar-refractivity contribution in [1.82, 2.24) is 5.32 Å². The molecule has 2 N–H and O–H groups in total. The summed E-state index contributed by atoms with van der Waals surface area (Å²) in [4.78, 5) is 12.0. The minimum atomic E-state index is -1.08. The molecule has 0 saturated carbocycles. The Morgan fingerprint density at radius 1 is 1.30 bits per heavy atom. The monoisotopic (exact) mass is 339 g/mol. The van der Waals surface area contributed by atoms with Crippen LogP contribution in [-0.2, 0) is 15.9 Å². The van der Waals surface area contributed by atoms with Crippen molar-refractivity contribution in [2.75, 3.05) is 7.11 Å². The van der Waals surface area contributed by atoms with Crippen molar-refractivity contribution in [3.05, 3.63) is 35.9 Å². The van der Waals surface area contributed by atoms with Gasteiger partial charge in [0.15, 0.2) is 5.05 Å². The van der Waals surface area contributed by atoms with Crippen LogP contribution in [0.1, 0.15) is 32.8 Å². The Hall–Kier alpha value is -1.66. The van der Waals surface area contributed by atoms with Crippen molar-refractivity contribution in [3.8, 4) is 0 Å². The van der Waals surface area contributed by atoms with Gasteiger partial charge in [-0.1, -0.05) is 30.3 Å². The van der Waals surface area contributed by atoms with Crippen LogP contribution in [0.5, 0.6) is 0 Å². The fraction of sp³-hybridized carbons (Fsp3) is 0.529. The zero-order chi connectivity index (χ0) is 17.5. The number of hydrogen-bond donors (Lipinski definition) is 2. The van der Waals surface area contributed by atoms with Gasteiger partial charge in [-0.25, -0.2) is 4.79 Å². The fourth-order valence-corrected chi connectivity index (χ4v) is 2.18. The highest BCUT2D eigenvalue weighted by Crippen LogP contribution is 2.12. The first-order chi connectivity index (χ1) is 10.7. The summed E-state index contributed by atoms with van der Waals surface area (Å²) >= 11 is 4.98. The predicted molar refractivity (Wildman–Crippen MR) is 93.5 cm³/mol. The average molecular weight is 339 g/mol. The lowest BCUT2D eigenvalue weighted by molar-refractivity contribution is 0.0451. The number of alkyl carbamates (subject to hydrolysis) is 1. The minimum absolute atomic E-state index is 0.0409. The van der Waals surface area contributed by atoms with Gasteiger partial charge in [-0.15, -0.1) is 0 Å². The smallest absolute Gasteiger partial charge is 0.407 e. The number of thiocarbonyl (C=S) groups is 1. The number of ether oxygens (including phenoxy) is 2. The van der Waals surface area contributed by atoms with Gasteiger partial charge in [0, 0.05) is 0 Å². The molecule has 0 heterocycles. The van der Waals surface area contributed by atoms with E-state index in [1.807, 2.05) is 30.3 Å². The van der Waals surface area contributed by atoms with E-state index in [4.69, 9.17) is 21.7 Å². The lowest BCUT2D eigenvalue weighted by Crippen LogP contribution is -2.48. The molecule has 23 heavy (non-hydrogen) atoms. The van der Waals surface area contributed by atoms with Gasteiger partial charge in [0.2, 0.25) is 0 Å². The SMILES string of the molecule is COC(=S)C(O)C(CCc1ccccc1)NC(=O)OC(C)(C)C. The lowest BCUT2D eigenvalue weighted by atomic mass is 10.0. The number of nitrogens with one attached hydrogen (secondary N) is 1. The first-order valence-electron chi connectivity index (χ1n) is 7.52. The summed E-state index contributed by atoms with van der Waals surface area (Å²) in [6, 6.07) is 9.23. The van der Waals surface area contributed by atoms with Gasteiger partial charge in [0.25, 0.3) is 0 Å². The van der Waals surface area contributed by atoms with Crippen molar-refractivity contribution in [2.45, 2.75) is 51.4 Å². The minimum Gasteiger partial charge on any atom is -0.488 e. The van der Waals surface area contributed by atoms with Crippen LogP contribution in [0.3, 0.4) is 0 Å². The van der Waals surface area contributed by atoms with Crippen LogP contribution in [0.15, 0.2) is 30.3 Å². The topological polar surface area (TPSA) is 67.8 Å². The maximum atomic E-state index is 12.0. The molecule has 0 spiro atoms. The summed E-state index contributed by atoms with van der Waals surface area (Å²) in [6.45, 7) is 5.34. The molecule has 1 amide bonds. The zero-order valence-electron chi connectivity index (χ0n) is 14.0. The molecule has 0 fully saturated rings. The second kappa shape index (κ2) is 8.84. The Balaban J connectivity index is 2.72. The molecule has 1 aromatic rings. The summed E-state index contributed by atoms with van der Waals surface area (Å²) in [5.74, 6) is 0. The van der Waals surface area contributed by atoms with E-state index in [9.17, 15) is 9.90 Å². The normalized spacial score (nSPS) is 13.8. The van der Waals surface area contributed by atoms with E-state index in [2.05, 4.69) is 5.32 Å². The van der Waals surface area contributed by atoms with Gasteiger partial charge in [0.05, 0.1) is 13.2 Å². The van der Waals surface area contributed by atoms with E-state index in [1.165, 1.54) is 7.11 Å². The molecule has 0 aliphatic carbocycles. The van der Waals surface area contributed by atoms with Crippen molar-refractivity contribution in [1.29, 1.82) is 0 Å². The van der Waals surface area contributed by atoms with Crippen molar-refractivity contribution in [2.24, 2.45) is 0 Å². The molecular weight excluding hydrogens is 314 g/mol. The Morgan fingerprint density at radius 3 is 2.43 bits per heavy atom. The highest BCUT2D eigenvalue weighted by molar-refractivity contribution is 7.80. The van der Waals surface area contributed by atoms with Crippen molar-refractivity contribution >= 4 is 23.4 Å². The van der Waals surface area contributed by atoms with Gasteiger partial charge in [-0.2, -0.15) is 0 Å². The van der Waals surface area contributed by atoms with Crippen LogP contribution in [-0.4, -0.2) is 41.1 Å². The first kappa shape index (κ1) is 19.4. The Labute approximate surface area is 143 Å². The number of hydrogen-bond acceptors (Lipinski definition) is 5. The van der Waals surface area contributed by atoms with E-state index in [0.717, 1.165) is 5.56 Å². The first-order valence-corrected chi connectivity index (χ1v) is 7.93. The number of aliphatic hydroxyl groups excluding tert-OH is 1. The number of amides is 1. The molecular formula is C17H25NO4S. The number of benzene rings is 1. The van der Waals surface area contributed by atoms with E-state index in [0.29, 0.717) is 12.8 Å². The third-order valence-electron chi connectivity index (χ3n) is 3.11. The van der Waals surface area contributed by atoms with E-state index >= 15 is 0 Å². The standard InChI is InChI=1S/C17H25NO4S/c1-17(2,3)22-16(20)18-13(14(19)15(23)21-4)11-10-12-8-6-5-7-9-12/h5-9,13-14,19H,10-11H2,1-4H3,(H,18,20). The van der Waals surface area contributed by atoms with E-state index < -0.39 is 23.8 Å². The van der Waals surface area contributed by atoms with Crippen LogP contribution in [0.25, 0.3) is 0 Å². The lowest BCUT2D eigenvalue weighted by Gasteiger charge is -2.26. The molecule has 0 radical (unpaired) electrons. The molecule has 5 nitrogen and oxygen atoms in total. The van der Waals surface area contributed by atoms with Crippen LogP contribution in [0.2, 0.25) is 0 Å². The number of carbonyl (C=O) groups excluding carboxylic acids is 1. The summed E-state index contributed by atoms with van der Waals surface area (Å²) in [5, 5.41) is 13.0. The Morgan fingerprint density at radius 2 is 1.91 bits per heavy atom. The average Bonchev–Trinajstić information content (AvgIpc) is 2.49.